The third-order valence-electron chi connectivity index (χ3n) is 5.00. The molecule has 0 bridgehead atoms. The molecule has 140 valence electrons. The van der Waals surface area contributed by atoms with Gasteiger partial charge in [-0.25, -0.2) is 0 Å². The van der Waals surface area contributed by atoms with Crippen LogP contribution in [0.3, 0.4) is 0 Å². The summed E-state index contributed by atoms with van der Waals surface area (Å²) in [5.41, 5.74) is 0. The highest BCUT2D eigenvalue weighted by Crippen LogP contribution is 2.21. The smallest absolute Gasteiger partial charge is 0.00230 e. The summed E-state index contributed by atoms with van der Waals surface area (Å²) in [7, 11) is 0. The Balaban J connectivity index is 3.26. The summed E-state index contributed by atoms with van der Waals surface area (Å²) in [6.45, 7) is 18.6. The third-order valence-corrected chi connectivity index (χ3v) is 5.00. The van der Waals surface area contributed by atoms with E-state index < -0.39 is 0 Å². The number of unbranched alkanes of at least 4 members (excludes halogenated alkanes) is 1. The number of hydrogen-bond acceptors (Lipinski definition) is 3. The Bertz CT molecular complexity index is 233. The first kappa shape index (κ1) is 22.9. The second-order valence-corrected chi connectivity index (χ2v) is 7.47. The summed E-state index contributed by atoms with van der Waals surface area (Å²) >= 11 is 0. The van der Waals surface area contributed by atoms with E-state index >= 15 is 0 Å². The lowest BCUT2D eigenvalue weighted by Gasteiger charge is -2.22. The predicted octanol–water partition coefficient (Wildman–Crippen LogP) is 4.04. The zero-order chi connectivity index (χ0) is 17.3. The largest absolute Gasteiger partial charge is 0.317 e. The van der Waals surface area contributed by atoms with Crippen LogP contribution in [0.1, 0.15) is 73.1 Å². The van der Waals surface area contributed by atoms with Crippen LogP contribution in [0.2, 0.25) is 0 Å². The molecular weight excluding hydrogens is 282 g/mol. The topological polar surface area (TPSA) is 36.1 Å². The highest BCUT2D eigenvalue weighted by Gasteiger charge is 2.13. The molecule has 0 aliphatic carbocycles. The minimum absolute atomic E-state index is 0.793. The Labute approximate surface area is 146 Å². The van der Waals surface area contributed by atoms with Crippen molar-refractivity contribution in [3.63, 3.8) is 0 Å². The van der Waals surface area contributed by atoms with Gasteiger partial charge in [-0.1, -0.05) is 47.5 Å². The van der Waals surface area contributed by atoms with Crippen LogP contribution in [0, 0.1) is 17.8 Å². The van der Waals surface area contributed by atoms with Gasteiger partial charge in [0.1, 0.15) is 0 Å². The highest BCUT2D eigenvalue weighted by atomic mass is 14.9. The second kappa shape index (κ2) is 16.7. The first-order valence-corrected chi connectivity index (χ1v) is 10.2. The van der Waals surface area contributed by atoms with Crippen LogP contribution < -0.4 is 16.0 Å². The Morgan fingerprint density at radius 1 is 0.652 bits per heavy atom. The fourth-order valence-corrected chi connectivity index (χ4v) is 2.93. The summed E-state index contributed by atoms with van der Waals surface area (Å²) in [5.74, 6) is 2.50. The van der Waals surface area contributed by atoms with Gasteiger partial charge in [0.25, 0.3) is 0 Å². The zero-order valence-corrected chi connectivity index (χ0v) is 16.7. The minimum Gasteiger partial charge on any atom is -0.317 e. The third kappa shape index (κ3) is 15.2. The molecule has 0 aromatic rings. The van der Waals surface area contributed by atoms with Gasteiger partial charge >= 0.3 is 0 Å². The first-order valence-electron chi connectivity index (χ1n) is 10.2. The van der Waals surface area contributed by atoms with Gasteiger partial charge in [-0.15, -0.1) is 0 Å². The van der Waals surface area contributed by atoms with Crippen molar-refractivity contribution >= 4 is 0 Å². The molecule has 3 atom stereocenters. The molecule has 0 heterocycles. The number of nitrogens with one attached hydrogen (secondary N) is 3. The fourth-order valence-electron chi connectivity index (χ4n) is 2.93. The molecular formula is C20H45N3. The van der Waals surface area contributed by atoms with E-state index in [0.29, 0.717) is 0 Å². The van der Waals surface area contributed by atoms with Crippen molar-refractivity contribution in [2.24, 2.45) is 17.8 Å². The summed E-state index contributed by atoms with van der Waals surface area (Å²) in [6.07, 6.45) is 7.71. The Morgan fingerprint density at radius 3 is 1.70 bits per heavy atom. The summed E-state index contributed by atoms with van der Waals surface area (Å²) in [5, 5.41) is 10.6. The van der Waals surface area contributed by atoms with Crippen molar-refractivity contribution in [1.29, 1.82) is 0 Å². The maximum absolute atomic E-state index is 3.62. The van der Waals surface area contributed by atoms with Crippen molar-refractivity contribution < 1.29 is 0 Å². The highest BCUT2D eigenvalue weighted by molar-refractivity contribution is 4.66. The standard InChI is InChI=1S/C20H45N3/c1-6-8-11-21-12-9-13-22-14-10-15-23-17-18(3)16-20(5)19(4)7-2/h18-23H,6-17H2,1-5H3. The van der Waals surface area contributed by atoms with Crippen LogP contribution in [0.15, 0.2) is 0 Å². The predicted molar refractivity (Wildman–Crippen MR) is 105 cm³/mol. The van der Waals surface area contributed by atoms with Gasteiger partial charge in [0.2, 0.25) is 0 Å². The van der Waals surface area contributed by atoms with E-state index in [1.165, 1.54) is 51.6 Å². The SMILES string of the molecule is CCCCNCCCNCCCNCC(C)CC(C)C(C)CC. The van der Waals surface area contributed by atoms with Gasteiger partial charge < -0.3 is 16.0 Å². The normalized spacial score (nSPS) is 15.5. The average molecular weight is 328 g/mol. The maximum atomic E-state index is 3.62. The van der Waals surface area contributed by atoms with Gasteiger partial charge in [0.05, 0.1) is 0 Å². The molecule has 0 saturated heterocycles. The van der Waals surface area contributed by atoms with Crippen LogP contribution >= 0.6 is 0 Å². The monoisotopic (exact) mass is 327 g/mol. The molecule has 0 aliphatic heterocycles. The summed E-state index contributed by atoms with van der Waals surface area (Å²) < 4.78 is 0. The lowest BCUT2D eigenvalue weighted by atomic mass is 9.86. The van der Waals surface area contributed by atoms with E-state index in [-0.39, 0.29) is 0 Å². The Kier molecular flexibility index (Phi) is 16.6. The van der Waals surface area contributed by atoms with Crippen LogP contribution in [0.5, 0.6) is 0 Å². The molecule has 23 heavy (non-hydrogen) atoms. The van der Waals surface area contributed by atoms with Crippen LogP contribution in [0.25, 0.3) is 0 Å². The molecule has 0 fully saturated rings. The van der Waals surface area contributed by atoms with E-state index in [4.69, 9.17) is 0 Å². The van der Waals surface area contributed by atoms with E-state index in [0.717, 1.165) is 43.9 Å². The van der Waals surface area contributed by atoms with Crippen molar-refractivity contribution in [3.8, 4) is 0 Å². The lowest BCUT2D eigenvalue weighted by Crippen LogP contribution is -2.28. The molecule has 0 saturated carbocycles. The molecule has 3 unspecified atom stereocenters. The molecule has 0 radical (unpaired) electrons. The summed E-state index contributed by atoms with van der Waals surface area (Å²) in [6, 6.07) is 0. The number of rotatable bonds is 17. The Morgan fingerprint density at radius 2 is 1.17 bits per heavy atom. The molecule has 0 spiro atoms. The van der Waals surface area contributed by atoms with Crippen molar-refractivity contribution in [3.05, 3.63) is 0 Å². The molecule has 0 aromatic carbocycles. The summed E-state index contributed by atoms with van der Waals surface area (Å²) in [4.78, 5) is 0. The van der Waals surface area contributed by atoms with Gasteiger partial charge in [-0.05, 0) is 82.7 Å². The molecule has 3 heteroatoms. The van der Waals surface area contributed by atoms with E-state index in [9.17, 15) is 0 Å². The van der Waals surface area contributed by atoms with Gasteiger partial charge in [0.15, 0.2) is 0 Å². The quantitative estimate of drug-likeness (QED) is 0.353. The molecule has 3 N–H and O–H groups in total. The Hall–Kier alpha value is -0.120. The first-order chi connectivity index (χ1) is 11.1. The van der Waals surface area contributed by atoms with Crippen LogP contribution in [0.4, 0.5) is 0 Å². The zero-order valence-electron chi connectivity index (χ0n) is 16.7. The van der Waals surface area contributed by atoms with E-state index in [1.54, 1.807) is 0 Å². The maximum Gasteiger partial charge on any atom is -0.00230 e. The lowest BCUT2D eigenvalue weighted by molar-refractivity contribution is 0.301. The van der Waals surface area contributed by atoms with Crippen molar-refractivity contribution in [2.75, 3.05) is 39.3 Å². The number of hydrogen-bond donors (Lipinski definition) is 3. The fraction of sp³-hybridized carbons (Fsp3) is 1.00. The van der Waals surface area contributed by atoms with Crippen LogP contribution in [-0.2, 0) is 0 Å². The molecule has 0 aliphatic rings. The van der Waals surface area contributed by atoms with E-state index in [2.05, 4.69) is 50.6 Å². The molecule has 0 rings (SSSR count). The minimum atomic E-state index is 0.793. The van der Waals surface area contributed by atoms with Crippen molar-refractivity contribution in [2.45, 2.75) is 73.1 Å². The van der Waals surface area contributed by atoms with Crippen LogP contribution in [-0.4, -0.2) is 39.3 Å². The molecule has 3 nitrogen and oxygen atoms in total. The van der Waals surface area contributed by atoms with Crippen molar-refractivity contribution in [1.82, 2.24) is 16.0 Å². The van der Waals surface area contributed by atoms with Gasteiger partial charge in [-0.3, -0.25) is 0 Å². The van der Waals surface area contributed by atoms with E-state index in [1.807, 2.05) is 0 Å². The second-order valence-electron chi connectivity index (χ2n) is 7.47. The molecule has 0 amide bonds. The van der Waals surface area contributed by atoms with Gasteiger partial charge in [0, 0.05) is 0 Å². The average Bonchev–Trinajstić information content (AvgIpc) is 2.54. The van der Waals surface area contributed by atoms with Gasteiger partial charge in [-0.2, -0.15) is 0 Å². The molecule has 0 aromatic heterocycles.